The lowest BCUT2D eigenvalue weighted by molar-refractivity contribution is 0.0909. The quantitative estimate of drug-likeness (QED) is 0.646. The summed E-state index contributed by atoms with van der Waals surface area (Å²) >= 11 is 1.48. The van der Waals surface area contributed by atoms with Gasteiger partial charge in [-0.1, -0.05) is 42.8 Å². The van der Waals surface area contributed by atoms with Gasteiger partial charge in [0.05, 0.1) is 0 Å². The fourth-order valence-corrected chi connectivity index (χ4v) is 4.06. The van der Waals surface area contributed by atoms with Crippen LogP contribution >= 0.6 is 11.3 Å². The number of aromatic nitrogens is 3. The minimum atomic E-state index is -0.334. The van der Waals surface area contributed by atoms with Crippen molar-refractivity contribution < 1.29 is 9.32 Å². The van der Waals surface area contributed by atoms with Crippen molar-refractivity contribution in [2.45, 2.75) is 52.5 Å². The minimum absolute atomic E-state index is 0.119. The first kappa shape index (κ1) is 18.8. The molecule has 28 heavy (non-hydrogen) atoms. The zero-order valence-electron chi connectivity index (χ0n) is 16.5. The van der Waals surface area contributed by atoms with Gasteiger partial charge in [0, 0.05) is 16.9 Å². The van der Waals surface area contributed by atoms with Crippen LogP contribution in [0.5, 0.6) is 0 Å². The van der Waals surface area contributed by atoms with E-state index in [1.165, 1.54) is 16.9 Å². The summed E-state index contributed by atoms with van der Waals surface area (Å²) in [6.45, 7) is 8.17. The molecule has 0 bridgehead atoms. The number of benzene rings is 1. The topological polar surface area (TPSA) is 80.9 Å². The first-order chi connectivity index (χ1) is 13.4. The van der Waals surface area contributed by atoms with E-state index < -0.39 is 0 Å². The second kappa shape index (κ2) is 7.47. The Balaban J connectivity index is 1.52. The summed E-state index contributed by atoms with van der Waals surface area (Å²) in [5.41, 5.74) is 3.83. The van der Waals surface area contributed by atoms with Gasteiger partial charge in [-0.05, 0) is 38.2 Å². The smallest absolute Gasteiger partial charge is 0.271 e. The molecule has 7 heteroatoms. The maximum Gasteiger partial charge on any atom is 0.271 e. The molecule has 2 aromatic heterocycles. The molecule has 1 atom stereocenters. The normalized spacial score (nSPS) is 15.0. The highest BCUT2D eigenvalue weighted by atomic mass is 32.1. The molecule has 3 aromatic rings. The van der Waals surface area contributed by atoms with Crippen molar-refractivity contribution in [3.05, 3.63) is 52.1 Å². The highest BCUT2D eigenvalue weighted by molar-refractivity contribution is 7.13. The third-order valence-corrected chi connectivity index (χ3v) is 5.84. The summed E-state index contributed by atoms with van der Waals surface area (Å²) in [7, 11) is 0. The summed E-state index contributed by atoms with van der Waals surface area (Å²) in [4.78, 5) is 21.9. The molecule has 0 spiro atoms. The maximum absolute atomic E-state index is 12.8. The Hall–Kier alpha value is -2.54. The number of rotatable bonds is 6. The van der Waals surface area contributed by atoms with E-state index in [4.69, 9.17) is 4.52 Å². The summed E-state index contributed by atoms with van der Waals surface area (Å²) in [5.74, 6) is 1.53. The molecule has 1 N–H and O–H groups in total. The predicted molar refractivity (Wildman–Crippen MR) is 108 cm³/mol. The predicted octanol–water partition coefficient (Wildman–Crippen LogP) is 4.81. The average molecular weight is 397 g/mol. The fourth-order valence-electron chi connectivity index (χ4n) is 3.16. The van der Waals surface area contributed by atoms with Crippen molar-refractivity contribution in [3.63, 3.8) is 0 Å². The van der Waals surface area contributed by atoms with Crippen LogP contribution in [0.25, 0.3) is 10.6 Å². The SMILES string of the molecule is Cc1ccc(-c2nc(C(=O)NC(c3nc(C4CC4)no3)C(C)C)cs2)c(C)c1. The third kappa shape index (κ3) is 3.85. The van der Waals surface area contributed by atoms with Gasteiger partial charge in [-0.2, -0.15) is 4.98 Å². The Labute approximate surface area is 168 Å². The van der Waals surface area contributed by atoms with Gasteiger partial charge in [-0.25, -0.2) is 4.98 Å². The van der Waals surface area contributed by atoms with Crippen LogP contribution in [0.1, 0.15) is 72.0 Å². The van der Waals surface area contributed by atoms with Crippen molar-refractivity contribution in [2.24, 2.45) is 5.92 Å². The molecule has 1 amide bonds. The second-order valence-corrected chi connectivity index (χ2v) is 8.67. The van der Waals surface area contributed by atoms with E-state index in [0.29, 0.717) is 17.5 Å². The van der Waals surface area contributed by atoms with E-state index in [0.717, 1.165) is 34.8 Å². The van der Waals surface area contributed by atoms with Crippen molar-refractivity contribution in [1.29, 1.82) is 0 Å². The summed E-state index contributed by atoms with van der Waals surface area (Å²) in [6, 6.07) is 5.91. The zero-order valence-corrected chi connectivity index (χ0v) is 17.3. The average Bonchev–Trinajstić information content (AvgIpc) is 3.18. The lowest BCUT2D eigenvalue weighted by Crippen LogP contribution is -2.32. The molecule has 1 aliphatic rings. The van der Waals surface area contributed by atoms with Crippen LogP contribution in [0.3, 0.4) is 0 Å². The lowest BCUT2D eigenvalue weighted by atomic mass is 10.0. The van der Waals surface area contributed by atoms with Crippen molar-refractivity contribution in [1.82, 2.24) is 20.4 Å². The van der Waals surface area contributed by atoms with Gasteiger partial charge < -0.3 is 9.84 Å². The first-order valence-electron chi connectivity index (χ1n) is 9.60. The highest BCUT2D eigenvalue weighted by Crippen LogP contribution is 2.38. The zero-order chi connectivity index (χ0) is 19.8. The molecule has 2 heterocycles. The molecule has 146 valence electrons. The first-order valence-corrected chi connectivity index (χ1v) is 10.5. The van der Waals surface area contributed by atoms with Crippen molar-refractivity contribution >= 4 is 17.2 Å². The Morgan fingerprint density at radius 1 is 1.25 bits per heavy atom. The van der Waals surface area contributed by atoms with Crippen LogP contribution in [0.15, 0.2) is 28.1 Å². The summed E-state index contributed by atoms with van der Waals surface area (Å²) < 4.78 is 5.43. The molecule has 1 aromatic carbocycles. The van der Waals surface area contributed by atoms with Crippen LogP contribution in [-0.4, -0.2) is 21.0 Å². The summed E-state index contributed by atoms with van der Waals surface area (Å²) in [6.07, 6.45) is 2.22. The third-order valence-electron chi connectivity index (χ3n) is 4.97. The van der Waals surface area contributed by atoms with Crippen molar-refractivity contribution in [3.8, 4) is 10.6 Å². The Kier molecular flexibility index (Phi) is 5.02. The Morgan fingerprint density at radius 3 is 2.71 bits per heavy atom. The van der Waals surface area contributed by atoms with Gasteiger partial charge in [-0.15, -0.1) is 11.3 Å². The van der Waals surface area contributed by atoms with Gasteiger partial charge >= 0.3 is 0 Å². The van der Waals surface area contributed by atoms with E-state index in [9.17, 15) is 4.79 Å². The molecular weight excluding hydrogens is 372 g/mol. The van der Waals surface area contributed by atoms with Crippen LogP contribution in [0.2, 0.25) is 0 Å². The number of hydrogen-bond donors (Lipinski definition) is 1. The van der Waals surface area contributed by atoms with Gasteiger partial charge in [0.2, 0.25) is 5.89 Å². The van der Waals surface area contributed by atoms with Gasteiger partial charge in [0.1, 0.15) is 16.7 Å². The lowest BCUT2D eigenvalue weighted by Gasteiger charge is -2.17. The van der Waals surface area contributed by atoms with Crippen molar-refractivity contribution in [2.75, 3.05) is 0 Å². The van der Waals surface area contributed by atoms with Gasteiger partial charge in [0.25, 0.3) is 5.91 Å². The molecule has 0 radical (unpaired) electrons. The summed E-state index contributed by atoms with van der Waals surface area (Å²) in [5, 5.41) is 9.73. The number of carbonyl (C=O) groups is 1. The van der Waals surface area contributed by atoms with Crippen LogP contribution < -0.4 is 5.32 Å². The molecule has 1 unspecified atom stereocenters. The number of aryl methyl sites for hydroxylation is 2. The molecule has 6 nitrogen and oxygen atoms in total. The molecule has 4 rings (SSSR count). The van der Waals surface area contributed by atoms with E-state index in [1.54, 1.807) is 5.38 Å². The number of carbonyl (C=O) groups excluding carboxylic acids is 1. The molecule has 1 aliphatic carbocycles. The van der Waals surface area contributed by atoms with Gasteiger partial charge in [-0.3, -0.25) is 4.79 Å². The molecule has 0 saturated heterocycles. The Bertz CT molecular complexity index is 1000. The fraction of sp³-hybridized carbons (Fsp3) is 0.429. The maximum atomic E-state index is 12.8. The second-order valence-electron chi connectivity index (χ2n) is 7.82. The molecule has 1 fully saturated rings. The number of hydrogen-bond acceptors (Lipinski definition) is 6. The Morgan fingerprint density at radius 2 is 2.04 bits per heavy atom. The van der Waals surface area contributed by atoms with E-state index in [-0.39, 0.29) is 17.9 Å². The molecular formula is C21H24N4O2S. The van der Waals surface area contributed by atoms with Crippen LogP contribution in [-0.2, 0) is 0 Å². The highest BCUT2D eigenvalue weighted by Gasteiger charge is 2.32. The molecule has 1 saturated carbocycles. The monoisotopic (exact) mass is 396 g/mol. The number of nitrogens with one attached hydrogen (secondary N) is 1. The van der Waals surface area contributed by atoms with E-state index >= 15 is 0 Å². The number of amides is 1. The van der Waals surface area contributed by atoms with E-state index in [2.05, 4.69) is 52.5 Å². The van der Waals surface area contributed by atoms with Crippen LogP contribution in [0.4, 0.5) is 0 Å². The van der Waals surface area contributed by atoms with Gasteiger partial charge in [0.15, 0.2) is 5.82 Å². The minimum Gasteiger partial charge on any atom is -0.339 e. The number of nitrogens with zero attached hydrogens (tertiary/aromatic N) is 3. The molecule has 0 aliphatic heterocycles. The largest absolute Gasteiger partial charge is 0.339 e. The standard InChI is InChI=1S/C21H24N4O2S/c1-11(2)17(20-24-18(25-27-20)14-6-7-14)23-19(26)16-10-28-21(22-16)15-8-5-12(3)9-13(15)4/h5,8-11,14,17H,6-7H2,1-4H3,(H,23,26). The number of thiazole rings is 1. The van der Waals surface area contributed by atoms with E-state index in [1.807, 2.05) is 13.8 Å². The van der Waals surface area contributed by atoms with Crippen LogP contribution in [0, 0.1) is 19.8 Å².